The second-order valence-electron chi connectivity index (χ2n) is 16.1. The lowest BCUT2D eigenvalue weighted by Gasteiger charge is -2.24. The van der Waals surface area contributed by atoms with Gasteiger partial charge in [0.25, 0.3) is 0 Å². The van der Waals surface area contributed by atoms with Gasteiger partial charge in [-0.1, -0.05) is 151 Å². The number of rotatable bonds is 40. The van der Waals surface area contributed by atoms with Gasteiger partial charge < -0.3 is 18.9 Å². The Kier molecular flexibility index (Phi) is 38.1. The maximum atomic E-state index is 12.7. The van der Waals surface area contributed by atoms with E-state index in [9.17, 15) is 19.0 Å². The number of esters is 2. The number of hydrogen-bond acceptors (Lipinski definition) is 7. The van der Waals surface area contributed by atoms with Crippen molar-refractivity contribution in [1.82, 2.24) is 0 Å². The largest absolute Gasteiger partial charge is 0.472 e. The molecule has 0 aromatic heterocycles. The molecule has 2 atom stereocenters. The third kappa shape index (κ3) is 43.0. The van der Waals surface area contributed by atoms with Gasteiger partial charge in [0, 0.05) is 12.8 Å². The van der Waals surface area contributed by atoms with Crippen molar-refractivity contribution in [1.29, 1.82) is 0 Å². The van der Waals surface area contributed by atoms with Crippen molar-refractivity contribution in [2.75, 3.05) is 47.5 Å². The molecule has 0 amide bonds. The first kappa shape index (κ1) is 55.5. The summed E-state index contributed by atoms with van der Waals surface area (Å²) in [5, 5.41) is 0. The molecule has 0 saturated carbocycles. The fourth-order valence-corrected chi connectivity index (χ4v) is 6.38. The van der Waals surface area contributed by atoms with Crippen molar-refractivity contribution in [3.05, 3.63) is 72.9 Å². The summed E-state index contributed by atoms with van der Waals surface area (Å²) < 4.78 is 34.2. The van der Waals surface area contributed by atoms with E-state index in [0.717, 1.165) is 57.8 Å². The Morgan fingerprint density at radius 2 is 0.966 bits per heavy atom. The number of unbranched alkanes of at least 4 members (excludes halogenated alkanes) is 14. The number of ether oxygens (including phenoxy) is 2. The molecule has 0 rings (SSSR count). The van der Waals surface area contributed by atoms with Crippen LogP contribution >= 0.6 is 7.82 Å². The summed E-state index contributed by atoms with van der Waals surface area (Å²) >= 11 is 0. The number of phosphoric ester groups is 1. The minimum atomic E-state index is -4.40. The molecule has 1 N–H and O–H groups in total. The molecule has 334 valence electrons. The zero-order valence-corrected chi connectivity index (χ0v) is 38.4. The molecule has 0 aliphatic carbocycles. The second kappa shape index (κ2) is 39.9. The van der Waals surface area contributed by atoms with Crippen molar-refractivity contribution in [2.24, 2.45) is 0 Å². The molecule has 0 saturated heterocycles. The average molecular weight is 835 g/mol. The molecule has 1 unspecified atom stereocenters. The highest BCUT2D eigenvalue weighted by Crippen LogP contribution is 2.43. The zero-order chi connectivity index (χ0) is 42.8. The minimum Gasteiger partial charge on any atom is -0.462 e. The molecule has 0 aliphatic rings. The van der Waals surface area contributed by atoms with E-state index >= 15 is 0 Å². The Hall–Kier alpha value is -2.55. The standard InChI is InChI=1S/C48H84NO8P/c1-6-8-10-12-14-16-18-20-22-23-24-25-27-28-30-32-34-36-38-40-47(50)54-44-46(45-56-58(52,53)55-43-42-49(3,4)5)57-48(51)41-39-37-35-33-31-29-26-21-19-17-15-13-11-9-7-2/h14,16,20-22,24-26,28,30,34,36,46H,6-13,15,17-19,23,27,29,31-33,35,37-45H2,1-5H3/p+1/b16-14+,22-20+,25-24+,26-21+,30-28+,36-34+/t46-/m1/s1. The Morgan fingerprint density at radius 1 is 0.534 bits per heavy atom. The van der Waals surface area contributed by atoms with E-state index in [0.29, 0.717) is 23.9 Å². The Bertz CT molecular complexity index is 1220. The highest BCUT2D eigenvalue weighted by atomic mass is 31.2. The molecule has 0 aromatic carbocycles. The van der Waals surface area contributed by atoms with Crippen molar-refractivity contribution in [3.63, 3.8) is 0 Å². The predicted octanol–water partition coefficient (Wildman–Crippen LogP) is 13.0. The van der Waals surface area contributed by atoms with Crippen LogP contribution in [-0.2, 0) is 32.7 Å². The summed E-state index contributed by atoms with van der Waals surface area (Å²) in [6, 6.07) is 0. The van der Waals surface area contributed by atoms with E-state index < -0.39 is 32.5 Å². The Labute approximate surface area is 355 Å². The van der Waals surface area contributed by atoms with Gasteiger partial charge in [-0.25, -0.2) is 4.57 Å². The predicted molar refractivity (Wildman–Crippen MR) is 242 cm³/mol. The molecule has 0 bridgehead atoms. The van der Waals surface area contributed by atoms with Crippen LogP contribution in [0.3, 0.4) is 0 Å². The van der Waals surface area contributed by atoms with Crippen molar-refractivity contribution in [3.8, 4) is 0 Å². The first-order valence-corrected chi connectivity index (χ1v) is 24.2. The minimum absolute atomic E-state index is 0.0160. The van der Waals surface area contributed by atoms with E-state index in [2.05, 4.69) is 74.6 Å². The number of nitrogens with zero attached hydrogens (tertiary/aromatic N) is 1. The Morgan fingerprint density at radius 3 is 1.50 bits per heavy atom. The van der Waals surface area contributed by atoms with Crippen molar-refractivity contribution >= 4 is 19.8 Å². The van der Waals surface area contributed by atoms with Crippen LogP contribution in [0.15, 0.2) is 72.9 Å². The van der Waals surface area contributed by atoms with E-state index in [1.165, 1.54) is 70.6 Å². The maximum absolute atomic E-state index is 12.7. The van der Waals surface area contributed by atoms with E-state index in [-0.39, 0.29) is 26.1 Å². The quantitative estimate of drug-likeness (QED) is 0.0214. The average Bonchev–Trinajstić information content (AvgIpc) is 3.17. The van der Waals surface area contributed by atoms with Gasteiger partial charge in [0.2, 0.25) is 0 Å². The number of quaternary nitrogens is 1. The summed E-state index contributed by atoms with van der Waals surface area (Å²) in [5.41, 5.74) is 0. The van der Waals surface area contributed by atoms with Crippen molar-refractivity contribution < 1.29 is 42.1 Å². The summed E-state index contributed by atoms with van der Waals surface area (Å²) in [6.07, 6.45) is 49.6. The lowest BCUT2D eigenvalue weighted by atomic mass is 10.1. The molecule has 0 spiro atoms. The van der Waals surface area contributed by atoms with Gasteiger partial charge in [-0.05, 0) is 77.0 Å². The van der Waals surface area contributed by atoms with Crippen LogP contribution in [-0.4, -0.2) is 74.9 Å². The summed E-state index contributed by atoms with van der Waals surface area (Å²) in [4.78, 5) is 35.3. The number of phosphoric acid groups is 1. The Balaban J connectivity index is 4.49. The van der Waals surface area contributed by atoms with Crippen LogP contribution in [0.4, 0.5) is 0 Å². The number of carbonyl (C=O) groups excluding carboxylic acids is 2. The monoisotopic (exact) mass is 835 g/mol. The zero-order valence-electron chi connectivity index (χ0n) is 37.5. The molecule has 0 aromatic rings. The summed E-state index contributed by atoms with van der Waals surface area (Å²) in [5.74, 6) is -0.909. The van der Waals surface area contributed by atoms with Gasteiger partial charge in [0.05, 0.1) is 27.7 Å². The number of allylic oxidation sites excluding steroid dienone is 12. The molecular formula is C48H85NO8P+. The van der Waals surface area contributed by atoms with Gasteiger partial charge >= 0.3 is 19.8 Å². The van der Waals surface area contributed by atoms with Crippen LogP contribution in [0.2, 0.25) is 0 Å². The number of likely N-dealkylation sites (N-methyl/N-ethyl adjacent to an activating group) is 1. The fraction of sp³-hybridized carbons (Fsp3) is 0.708. The van der Waals surface area contributed by atoms with Crippen LogP contribution < -0.4 is 0 Å². The van der Waals surface area contributed by atoms with E-state index in [4.69, 9.17) is 18.5 Å². The lowest BCUT2D eigenvalue weighted by Crippen LogP contribution is -2.37. The summed E-state index contributed by atoms with van der Waals surface area (Å²) in [7, 11) is 1.42. The van der Waals surface area contributed by atoms with E-state index in [1.807, 2.05) is 33.3 Å². The van der Waals surface area contributed by atoms with Gasteiger partial charge in [0.1, 0.15) is 19.8 Å². The first-order valence-electron chi connectivity index (χ1n) is 22.7. The molecule has 0 fully saturated rings. The normalized spacial score (nSPS) is 14.2. The fourth-order valence-electron chi connectivity index (χ4n) is 5.64. The highest BCUT2D eigenvalue weighted by Gasteiger charge is 2.27. The molecule has 9 nitrogen and oxygen atoms in total. The van der Waals surface area contributed by atoms with Crippen LogP contribution in [0, 0.1) is 0 Å². The van der Waals surface area contributed by atoms with E-state index in [1.54, 1.807) is 0 Å². The smallest absolute Gasteiger partial charge is 0.462 e. The second-order valence-corrected chi connectivity index (χ2v) is 17.5. The van der Waals surface area contributed by atoms with Crippen LogP contribution in [0.25, 0.3) is 0 Å². The molecule has 0 aliphatic heterocycles. The topological polar surface area (TPSA) is 108 Å². The first-order chi connectivity index (χ1) is 28.0. The number of carbonyl (C=O) groups is 2. The van der Waals surface area contributed by atoms with Crippen LogP contribution in [0.5, 0.6) is 0 Å². The summed E-state index contributed by atoms with van der Waals surface area (Å²) in [6.45, 7) is 4.28. The van der Waals surface area contributed by atoms with Crippen molar-refractivity contribution in [2.45, 2.75) is 174 Å². The van der Waals surface area contributed by atoms with Gasteiger partial charge in [-0.15, -0.1) is 0 Å². The highest BCUT2D eigenvalue weighted by molar-refractivity contribution is 7.47. The molecule has 58 heavy (non-hydrogen) atoms. The lowest BCUT2D eigenvalue weighted by molar-refractivity contribution is -0.870. The molecule has 0 heterocycles. The van der Waals surface area contributed by atoms with Gasteiger partial charge in [-0.2, -0.15) is 0 Å². The maximum Gasteiger partial charge on any atom is 0.472 e. The van der Waals surface area contributed by atoms with Gasteiger partial charge in [-0.3, -0.25) is 18.6 Å². The number of hydrogen-bond donors (Lipinski definition) is 1. The molecular weight excluding hydrogens is 750 g/mol. The third-order valence-corrected chi connectivity index (χ3v) is 10.2. The molecule has 10 heteroatoms. The molecule has 0 radical (unpaired) electrons. The van der Waals surface area contributed by atoms with Crippen LogP contribution in [0.1, 0.15) is 168 Å². The SMILES string of the molecule is CCCCC/C=C/C/C=C/C/C=C/C/C=C/C/C=C/CCC(=O)OC[C@H](COP(=O)(O)OCC[N+](C)(C)C)OC(=O)CCCCCCC/C=C/CCCCCCCC. The van der Waals surface area contributed by atoms with Gasteiger partial charge in [0.15, 0.2) is 6.10 Å². The third-order valence-electron chi connectivity index (χ3n) is 9.22.